The number of ether oxygens (including phenoxy) is 2. The van der Waals surface area contributed by atoms with Gasteiger partial charge in [-0.1, -0.05) is 24.3 Å². The van der Waals surface area contributed by atoms with E-state index in [0.717, 1.165) is 37.4 Å². The Hall–Kier alpha value is -2.79. The first-order chi connectivity index (χ1) is 12.2. The van der Waals surface area contributed by atoms with Crippen molar-refractivity contribution in [3.8, 4) is 11.5 Å². The standard InChI is InChI=1S/C20H21NO4/c1-24-19-13-16(12-17(14-22)20(19)23)3-2-15-4-6-18(7-5-15)21-8-10-25-11-9-21/h2-7,12-14,23H,8-11H2,1H3/b3-2+. The van der Waals surface area contributed by atoms with Crippen molar-refractivity contribution in [2.75, 3.05) is 38.3 Å². The van der Waals surface area contributed by atoms with Crippen molar-refractivity contribution < 1.29 is 19.4 Å². The van der Waals surface area contributed by atoms with E-state index < -0.39 is 0 Å². The van der Waals surface area contributed by atoms with Crippen LogP contribution in [0, 0.1) is 0 Å². The number of carbonyl (C=O) groups is 1. The van der Waals surface area contributed by atoms with Gasteiger partial charge in [-0.3, -0.25) is 4.79 Å². The lowest BCUT2D eigenvalue weighted by Gasteiger charge is -2.28. The van der Waals surface area contributed by atoms with Gasteiger partial charge in [-0.15, -0.1) is 0 Å². The number of phenolic OH excluding ortho intramolecular Hbond substituents is 1. The molecule has 0 atom stereocenters. The van der Waals surface area contributed by atoms with Crippen LogP contribution in [0.1, 0.15) is 21.5 Å². The normalized spacial score (nSPS) is 14.7. The quantitative estimate of drug-likeness (QED) is 0.669. The molecule has 2 aromatic rings. The Bertz CT molecular complexity index is 762. The van der Waals surface area contributed by atoms with Gasteiger partial charge < -0.3 is 19.5 Å². The van der Waals surface area contributed by atoms with Crippen LogP contribution in [0.3, 0.4) is 0 Å². The van der Waals surface area contributed by atoms with Gasteiger partial charge in [0.2, 0.25) is 0 Å². The molecule has 0 amide bonds. The number of benzene rings is 2. The van der Waals surface area contributed by atoms with Crippen LogP contribution in [0.25, 0.3) is 12.2 Å². The van der Waals surface area contributed by atoms with Crippen LogP contribution in [-0.4, -0.2) is 44.8 Å². The molecule has 25 heavy (non-hydrogen) atoms. The average molecular weight is 339 g/mol. The summed E-state index contributed by atoms with van der Waals surface area (Å²) in [4.78, 5) is 13.4. The van der Waals surface area contributed by atoms with Crippen molar-refractivity contribution in [2.24, 2.45) is 0 Å². The van der Waals surface area contributed by atoms with E-state index in [1.165, 1.54) is 12.8 Å². The highest BCUT2D eigenvalue weighted by atomic mass is 16.5. The molecule has 0 spiro atoms. The molecule has 5 nitrogen and oxygen atoms in total. The van der Waals surface area contributed by atoms with E-state index in [2.05, 4.69) is 29.2 Å². The van der Waals surface area contributed by atoms with E-state index in [1.807, 2.05) is 12.2 Å². The van der Waals surface area contributed by atoms with Gasteiger partial charge in [0.15, 0.2) is 17.8 Å². The van der Waals surface area contributed by atoms with Crippen molar-refractivity contribution in [3.63, 3.8) is 0 Å². The number of nitrogens with zero attached hydrogens (tertiary/aromatic N) is 1. The number of aromatic hydroxyl groups is 1. The molecular weight excluding hydrogens is 318 g/mol. The first kappa shape index (κ1) is 17.0. The number of hydrogen-bond acceptors (Lipinski definition) is 5. The van der Waals surface area contributed by atoms with Crippen LogP contribution in [0.2, 0.25) is 0 Å². The summed E-state index contributed by atoms with van der Waals surface area (Å²) in [5.74, 6) is 0.149. The summed E-state index contributed by atoms with van der Waals surface area (Å²) in [5, 5.41) is 9.86. The maximum atomic E-state index is 11.1. The Morgan fingerprint density at radius 2 is 1.76 bits per heavy atom. The minimum absolute atomic E-state index is 0.135. The topological polar surface area (TPSA) is 59.0 Å². The number of carbonyl (C=O) groups excluding carboxylic acids is 1. The SMILES string of the molecule is COc1cc(/C=C/c2ccc(N3CCOCC3)cc2)cc(C=O)c1O. The molecule has 130 valence electrons. The van der Waals surface area contributed by atoms with E-state index in [-0.39, 0.29) is 17.1 Å². The molecule has 1 aliphatic heterocycles. The smallest absolute Gasteiger partial charge is 0.168 e. The molecule has 0 aliphatic carbocycles. The number of phenols is 1. The summed E-state index contributed by atoms with van der Waals surface area (Å²) in [7, 11) is 1.46. The highest BCUT2D eigenvalue weighted by molar-refractivity contribution is 5.84. The van der Waals surface area contributed by atoms with E-state index >= 15 is 0 Å². The fourth-order valence-corrected chi connectivity index (χ4v) is 2.80. The van der Waals surface area contributed by atoms with Gasteiger partial charge in [0.1, 0.15) is 0 Å². The lowest BCUT2D eigenvalue weighted by atomic mass is 10.1. The fourth-order valence-electron chi connectivity index (χ4n) is 2.80. The number of hydrogen-bond donors (Lipinski definition) is 1. The lowest BCUT2D eigenvalue weighted by molar-refractivity contribution is 0.112. The van der Waals surface area contributed by atoms with Crippen molar-refractivity contribution in [2.45, 2.75) is 0 Å². The van der Waals surface area contributed by atoms with E-state index in [0.29, 0.717) is 6.29 Å². The van der Waals surface area contributed by atoms with Crippen LogP contribution >= 0.6 is 0 Å². The van der Waals surface area contributed by atoms with Crippen molar-refractivity contribution in [1.29, 1.82) is 0 Å². The van der Waals surface area contributed by atoms with Crippen LogP contribution < -0.4 is 9.64 Å². The third kappa shape index (κ3) is 4.00. The largest absolute Gasteiger partial charge is 0.504 e. The Morgan fingerprint density at radius 1 is 1.08 bits per heavy atom. The van der Waals surface area contributed by atoms with Crippen LogP contribution in [0.4, 0.5) is 5.69 Å². The minimum atomic E-state index is -0.135. The summed E-state index contributed by atoms with van der Waals surface area (Å²) in [6.07, 6.45) is 4.47. The van der Waals surface area contributed by atoms with Gasteiger partial charge in [0.25, 0.3) is 0 Å². The van der Waals surface area contributed by atoms with Gasteiger partial charge >= 0.3 is 0 Å². The van der Waals surface area contributed by atoms with Crippen molar-refractivity contribution in [3.05, 3.63) is 53.1 Å². The highest BCUT2D eigenvalue weighted by Gasteiger charge is 2.11. The van der Waals surface area contributed by atoms with E-state index in [9.17, 15) is 9.90 Å². The summed E-state index contributed by atoms with van der Waals surface area (Å²) in [6.45, 7) is 3.36. The number of methoxy groups -OCH3 is 1. The second-order valence-corrected chi connectivity index (χ2v) is 5.80. The molecule has 1 saturated heterocycles. The zero-order valence-corrected chi connectivity index (χ0v) is 14.1. The average Bonchev–Trinajstić information content (AvgIpc) is 2.68. The molecule has 3 rings (SSSR count). The zero-order chi connectivity index (χ0) is 17.6. The zero-order valence-electron chi connectivity index (χ0n) is 14.1. The minimum Gasteiger partial charge on any atom is -0.504 e. The van der Waals surface area contributed by atoms with Crippen molar-refractivity contribution in [1.82, 2.24) is 0 Å². The molecule has 5 heteroatoms. The molecule has 1 fully saturated rings. The van der Waals surface area contributed by atoms with Gasteiger partial charge in [-0.05, 0) is 35.4 Å². The van der Waals surface area contributed by atoms with Crippen molar-refractivity contribution >= 4 is 24.1 Å². The molecule has 1 heterocycles. The van der Waals surface area contributed by atoms with E-state index in [1.54, 1.807) is 12.1 Å². The third-order valence-corrected chi connectivity index (χ3v) is 4.21. The molecule has 2 aromatic carbocycles. The van der Waals surface area contributed by atoms with Gasteiger partial charge in [-0.2, -0.15) is 0 Å². The number of anilines is 1. The molecule has 0 unspecified atom stereocenters. The lowest BCUT2D eigenvalue weighted by Crippen LogP contribution is -2.36. The first-order valence-corrected chi connectivity index (χ1v) is 8.18. The molecule has 0 bridgehead atoms. The predicted molar refractivity (Wildman–Crippen MR) is 98.4 cm³/mol. The summed E-state index contributed by atoms with van der Waals surface area (Å²) >= 11 is 0. The highest BCUT2D eigenvalue weighted by Crippen LogP contribution is 2.31. The van der Waals surface area contributed by atoms with Gasteiger partial charge in [0.05, 0.1) is 25.9 Å². The molecule has 0 radical (unpaired) electrons. The second-order valence-electron chi connectivity index (χ2n) is 5.80. The number of rotatable bonds is 5. The Labute approximate surface area is 147 Å². The van der Waals surface area contributed by atoms with Crippen LogP contribution in [0.15, 0.2) is 36.4 Å². The second kappa shape index (κ2) is 7.85. The molecule has 0 aromatic heterocycles. The molecule has 0 saturated carbocycles. The first-order valence-electron chi connectivity index (χ1n) is 8.18. The summed E-state index contributed by atoms with van der Waals surface area (Å²) in [5.41, 5.74) is 3.24. The summed E-state index contributed by atoms with van der Waals surface area (Å²) < 4.78 is 10.5. The maximum Gasteiger partial charge on any atom is 0.168 e. The number of morpholine rings is 1. The Morgan fingerprint density at radius 3 is 2.40 bits per heavy atom. The Kier molecular flexibility index (Phi) is 5.36. The summed E-state index contributed by atoms with van der Waals surface area (Å²) in [6, 6.07) is 11.6. The molecule has 1 N–H and O–H groups in total. The molecule has 1 aliphatic rings. The van der Waals surface area contributed by atoms with Crippen LogP contribution in [-0.2, 0) is 4.74 Å². The fraction of sp³-hybridized carbons (Fsp3) is 0.250. The molecular formula is C20H21NO4. The third-order valence-electron chi connectivity index (χ3n) is 4.21. The van der Waals surface area contributed by atoms with E-state index in [4.69, 9.17) is 9.47 Å². The predicted octanol–water partition coefficient (Wildman–Crippen LogP) is 3.22. The van der Waals surface area contributed by atoms with Crippen LogP contribution in [0.5, 0.6) is 11.5 Å². The monoisotopic (exact) mass is 339 g/mol. The Balaban J connectivity index is 1.76. The maximum absolute atomic E-state index is 11.1. The number of aldehydes is 1. The van der Waals surface area contributed by atoms with Gasteiger partial charge in [0, 0.05) is 18.8 Å². The van der Waals surface area contributed by atoms with Gasteiger partial charge in [-0.25, -0.2) is 0 Å².